The zero-order valence-corrected chi connectivity index (χ0v) is 15.8. The van der Waals surface area contributed by atoms with Crippen LogP contribution in [0.1, 0.15) is 12.0 Å². The third-order valence-electron chi connectivity index (χ3n) is 4.99. The van der Waals surface area contributed by atoms with Crippen LogP contribution in [0, 0.1) is 5.82 Å². The first kappa shape index (κ1) is 19.2. The fourth-order valence-electron chi connectivity index (χ4n) is 4.57. The lowest BCUT2D eigenvalue weighted by Gasteiger charge is -2.56. The van der Waals surface area contributed by atoms with Crippen molar-refractivity contribution in [3.8, 4) is 0 Å². The Hall–Kier alpha value is -1.54. The number of likely N-dealkylation sites (N-methyl/N-ethyl adjacent to an activating group) is 2. The first-order valence-electron chi connectivity index (χ1n) is 8.55. The summed E-state index contributed by atoms with van der Waals surface area (Å²) in [5.74, 6) is -1.87. The van der Waals surface area contributed by atoms with Crippen molar-refractivity contribution in [3.63, 3.8) is 0 Å². The number of nitrogens with two attached hydrogens (primary N) is 1. The number of amides is 1. The summed E-state index contributed by atoms with van der Waals surface area (Å²) < 4.78 is 13.5. The number of ketones is 1. The Morgan fingerprint density at radius 1 is 1.23 bits per heavy atom. The van der Waals surface area contributed by atoms with E-state index < -0.39 is 28.6 Å². The summed E-state index contributed by atoms with van der Waals surface area (Å²) in [4.78, 5) is 29.1. The minimum atomic E-state index is -0.659. The molecule has 2 heterocycles. The van der Waals surface area contributed by atoms with Crippen LogP contribution in [0.4, 0.5) is 4.39 Å². The molecule has 0 saturated carbocycles. The second-order valence-electron chi connectivity index (χ2n) is 7.97. The molecule has 142 valence electrons. The van der Waals surface area contributed by atoms with Crippen LogP contribution >= 0.6 is 11.6 Å². The Bertz CT molecular complexity index is 728. The number of carbonyl (C=O) groups excluding carboxylic acids is 2. The Kier molecular flexibility index (Phi) is 5.09. The predicted molar refractivity (Wildman–Crippen MR) is 97.5 cm³/mol. The van der Waals surface area contributed by atoms with E-state index in [0.29, 0.717) is 25.1 Å². The summed E-state index contributed by atoms with van der Waals surface area (Å²) >= 11 is 5.65. The lowest BCUT2D eigenvalue weighted by Crippen LogP contribution is -2.77. The molecule has 0 aliphatic carbocycles. The molecule has 26 heavy (non-hydrogen) atoms. The van der Waals surface area contributed by atoms with E-state index in [1.54, 1.807) is 6.07 Å². The Balaban J connectivity index is 1.71. The third-order valence-corrected chi connectivity index (χ3v) is 5.29. The van der Waals surface area contributed by atoms with Gasteiger partial charge in [0.1, 0.15) is 5.82 Å². The van der Waals surface area contributed by atoms with Crippen LogP contribution in [-0.2, 0) is 16.0 Å². The van der Waals surface area contributed by atoms with Crippen LogP contribution in [0.3, 0.4) is 0 Å². The number of piperidine rings is 2. The molecule has 2 fully saturated rings. The van der Waals surface area contributed by atoms with Crippen LogP contribution in [-0.4, -0.2) is 72.8 Å². The Morgan fingerprint density at radius 2 is 1.85 bits per heavy atom. The van der Waals surface area contributed by atoms with Crippen molar-refractivity contribution in [3.05, 3.63) is 34.6 Å². The molecule has 0 aromatic heterocycles. The molecule has 2 saturated heterocycles. The molecule has 8 heteroatoms. The molecule has 6 nitrogen and oxygen atoms in total. The number of hydrogen-bond acceptors (Lipinski definition) is 5. The van der Waals surface area contributed by atoms with Crippen molar-refractivity contribution in [1.29, 1.82) is 0 Å². The van der Waals surface area contributed by atoms with Gasteiger partial charge in [0.25, 0.3) is 5.91 Å². The number of carbonyl (C=O) groups is 2. The molecular weight excluding hydrogens is 359 g/mol. The molecule has 0 atom stereocenters. The van der Waals surface area contributed by atoms with Crippen LogP contribution < -0.4 is 11.1 Å². The fraction of sp³-hybridized carbons (Fsp3) is 0.556. The molecule has 3 N–H and O–H groups in total. The monoisotopic (exact) mass is 382 g/mol. The molecule has 0 spiro atoms. The molecule has 0 radical (unpaired) electrons. The molecule has 1 amide bonds. The highest BCUT2D eigenvalue weighted by Gasteiger charge is 2.50. The first-order valence-corrected chi connectivity index (χ1v) is 8.93. The van der Waals surface area contributed by atoms with Crippen LogP contribution in [0.15, 0.2) is 18.2 Å². The van der Waals surface area contributed by atoms with Gasteiger partial charge >= 0.3 is 0 Å². The minimum Gasteiger partial charge on any atom is -0.341 e. The van der Waals surface area contributed by atoms with Crippen molar-refractivity contribution in [2.75, 3.05) is 40.3 Å². The van der Waals surface area contributed by atoms with Gasteiger partial charge in [0.2, 0.25) is 5.78 Å². The van der Waals surface area contributed by atoms with Gasteiger partial charge in [-0.1, -0.05) is 17.7 Å². The number of fused-ring (bicyclic) bond motifs is 2. The van der Waals surface area contributed by atoms with Crippen molar-refractivity contribution < 1.29 is 14.0 Å². The maximum atomic E-state index is 13.5. The van der Waals surface area contributed by atoms with Crippen molar-refractivity contribution in [1.82, 2.24) is 15.1 Å². The molecule has 3 rings (SSSR count). The highest BCUT2D eigenvalue weighted by Crippen LogP contribution is 2.32. The van der Waals surface area contributed by atoms with E-state index in [0.717, 1.165) is 13.1 Å². The SMILES string of the molecule is CN1CC2(N)CN(C)CC(NC(=O)C(=O)Cc3ccc(Cl)c(F)c3)(C1)C2. The second-order valence-corrected chi connectivity index (χ2v) is 8.37. The lowest BCUT2D eigenvalue weighted by molar-refractivity contribution is -0.140. The number of halogens is 2. The number of nitrogens with one attached hydrogen (secondary N) is 1. The van der Waals surface area contributed by atoms with E-state index in [-0.39, 0.29) is 11.4 Å². The van der Waals surface area contributed by atoms with E-state index in [1.807, 2.05) is 14.1 Å². The van der Waals surface area contributed by atoms with Gasteiger partial charge in [-0.15, -0.1) is 0 Å². The zero-order chi connectivity index (χ0) is 19.1. The molecule has 2 aliphatic heterocycles. The van der Waals surface area contributed by atoms with E-state index in [9.17, 15) is 14.0 Å². The average molecular weight is 383 g/mol. The van der Waals surface area contributed by atoms with Gasteiger partial charge in [0.05, 0.1) is 10.6 Å². The Labute approximate surface area is 157 Å². The van der Waals surface area contributed by atoms with Gasteiger partial charge in [-0.3, -0.25) is 9.59 Å². The van der Waals surface area contributed by atoms with Gasteiger partial charge in [0, 0.05) is 38.1 Å². The number of rotatable bonds is 4. The smallest absolute Gasteiger partial charge is 0.288 e. The summed E-state index contributed by atoms with van der Waals surface area (Å²) in [6.45, 7) is 2.75. The normalized spacial score (nSPS) is 29.4. The summed E-state index contributed by atoms with van der Waals surface area (Å²) in [6, 6.07) is 4.10. The quantitative estimate of drug-likeness (QED) is 0.738. The largest absolute Gasteiger partial charge is 0.341 e. The van der Waals surface area contributed by atoms with E-state index in [4.69, 9.17) is 17.3 Å². The number of Topliss-reactive ketones (excluding diaryl/α,β-unsaturated/α-hetero) is 1. The van der Waals surface area contributed by atoms with Gasteiger partial charge in [0.15, 0.2) is 0 Å². The van der Waals surface area contributed by atoms with E-state index >= 15 is 0 Å². The van der Waals surface area contributed by atoms with E-state index in [2.05, 4.69) is 15.1 Å². The summed E-state index contributed by atoms with van der Waals surface area (Å²) in [6.07, 6.45) is 0.457. The van der Waals surface area contributed by atoms with Crippen LogP contribution in [0.5, 0.6) is 0 Å². The maximum Gasteiger partial charge on any atom is 0.288 e. The van der Waals surface area contributed by atoms with Crippen LogP contribution in [0.25, 0.3) is 0 Å². The number of likely N-dealkylation sites (tertiary alicyclic amines) is 2. The standard InChI is InChI=1S/C18H24ClFN4O2/c1-23-8-17(21)7-18(10-23,11-24(2)9-17)22-16(26)15(25)6-12-3-4-13(19)14(20)5-12/h3-5H,6-11,21H2,1-2H3,(H,22,26). The number of benzene rings is 1. The fourth-order valence-corrected chi connectivity index (χ4v) is 4.68. The highest BCUT2D eigenvalue weighted by atomic mass is 35.5. The van der Waals surface area contributed by atoms with Gasteiger partial charge in [-0.05, 0) is 38.2 Å². The lowest BCUT2D eigenvalue weighted by atomic mass is 9.74. The topological polar surface area (TPSA) is 78.7 Å². The average Bonchev–Trinajstić information content (AvgIpc) is 2.47. The number of nitrogens with zero attached hydrogens (tertiary/aromatic N) is 2. The first-order chi connectivity index (χ1) is 12.1. The van der Waals surface area contributed by atoms with E-state index in [1.165, 1.54) is 12.1 Å². The molecule has 0 unspecified atom stereocenters. The van der Waals surface area contributed by atoms with Gasteiger partial charge in [-0.2, -0.15) is 0 Å². The van der Waals surface area contributed by atoms with Gasteiger partial charge in [-0.25, -0.2) is 4.39 Å². The van der Waals surface area contributed by atoms with Crippen molar-refractivity contribution >= 4 is 23.3 Å². The molecule has 1 aromatic rings. The third kappa shape index (κ3) is 4.06. The number of hydrogen-bond donors (Lipinski definition) is 2. The zero-order valence-electron chi connectivity index (χ0n) is 15.0. The second kappa shape index (κ2) is 6.88. The molecule has 2 aliphatic rings. The predicted octanol–water partition coefficient (Wildman–Crippen LogP) is 0.424. The van der Waals surface area contributed by atoms with Crippen molar-refractivity contribution in [2.24, 2.45) is 5.73 Å². The summed E-state index contributed by atoms with van der Waals surface area (Å²) in [5, 5.41) is 2.91. The Morgan fingerprint density at radius 3 is 2.42 bits per heavy atom. The van der Waals surface area contributed by atoms with Gasteiger partial charge < -0.3 is 20.9 Å². The van der Waals surface area contributed by atoms with Crippen molar-refractivity contribution in [2.45, 2.75) is 23.9 Å². The van der Waals surface area contributed by atoms with Crippen LogP contribution in [0.2, 0.25) is 5.02 Å². The highest BCUT2D eigenvalue weighted by molar-refractivity contribution is 6.36. The molecular formula is C18H24ClFN4O2. The summed E-state index contributed by atoms with van der Waals surface area (Å²) in [5.41, 5.74) is 5.93. The molecule has 2 bridgehead atoms. The minimum absolute atomic E-state index is 0.0145. The summed E-state index contributed by atoms with van der Waals surface area (Å²) in [7, 11) is 3.93. The molecule has 1 aromatic carbocycles. The maximum absolute atomic E-state index is 13.5.